The first-order valence-electron chi connectivity index (χ1n) is 8.13. The zero-order valence-corrected chi connectivity index (χ0v) is 24.1. The summed E-state index contributed by atoms with van der Waals surface area (Å²) < 4.78 is 56.4. The van der Waals surface area contributed by atoms with E-state index in [9.17, 15) is 33.3 Å². The van der Waals surface area contributed by atoms with Gasteiger partial charge in [-0.15, -0.1) is 0 Å². The number of anilines is 1. The van der Waals surface area contributed by atoms with Gasteiger partial charge < -0.3 is 9.79 Å². The molecular formula is C10H15HgN3O16P3. The van der Waals surface area contributed by atoms with Crippen molar-refractivity contribution < 1.29 is 97.0 Å². The first kappa shape index (κ1) is 28.5. The molecule has 0 saturated carbocycles. The molecule has 8 N–H and O–H groups in total. The van der Waals surface area contributed by atoms with Crippen LogP contribution in [0.2, 0.25) is 0 Å². The van der Waals surface area contributed by atoms with Gasteiger partial charge in [-0.3, -0.25) is 0 Å². The van der Waals surface area contributed by atoms with E-state index >= 15 is 0 Å². The number of rotatable bonds is 9. The van der Waals surface area contributed by atoms with E-state index in [0.29, 0.717) is 3.07 Å². The molecule has 0 aliphatic carbocycles. The fourth-order valence-corrected chi connectivity index (χ4v) is 6.62. The number of phosphoric ester groups is 1. The molecule has 0 spiro atoms. The van der Waals surface area contributed by atoms with Crippen LogP contribution in [-0.4, -0.2) is 70.4 Å². The summed E-state index contributed by atoms with van der Waals surface area (Å²) in [6.07, 6.45) is -7.63. The molecule has 2 heterocycles. The third kappa shape index (κ3) is 8.14. The molecule has 23 heteroatoms. The Hall–Kier alpha value is -0.785. The summed E-state index contributed by atoms with van der Waals surface area (Å²) in [4.78, 5) is 62.3. The summed E-state index contributed by atoms with van der Waals surface area (Å²) in [5.74, 6) is -0.0467. The van der Waals surface area contributed by atoms with Gasteiger partial charge in [0, 0.05) is 0 Å². The van der Waals surface area contributed by atoms with E-state index in [1.165, 1.54) is 6.20 Å². The third-order valence-electron chi connectivity index (χ3n) is 3.70. The van der Waals surface area contributed by atoms with Crippen LogP contribution in [-0.2, 0) is 62.4 Å². The number of ether oxygens (including phenoxy) is 2. The summed E-state index contributed by atoms with van der Waals surface area (Å²) in [7, 11) is -17.0. The van der Waals surface area contributed by atoms with Gasteiger partial charge >= 0.3 is 184 Å². The van der Waals surface area contributed by atoms with Crippen LogP contribution >= 0.6 is 23.5 Å². The summed E-state index contributed by atoms with van der Waals surface area (Å²) in [6.45, 7) is -1.14. The molecule has 183 valence electrons. The topological polar surface area (TPSA) is 297 Å². The summed E-state index contributed by atoms with van der Waals surface area (Å²) >= 11 is -0.129. The molecule has 0 amide bonds. The number of carboxylic acid groups (broad SMARTS) is 1. The monoisotopic (exact) mass is 728 g/mol. The second-order valence-electron chi connectivity index (χ2n) is 6.13. The standard InChI is InChI=1S/C10H15N3O16P3.Hg/c11-5-1-2-13(9(15)12-5)8-6(14)7(27-10(16)17)4(26-8)3-25-31(21,22)29-32(23,24)28-30(18,19)20;/h2,4,6-8,14H,3H2,(H,16,17)(H,21,22)(H,23,24)(H2,11,12,15)(H2,18,19,20);/t4-,6-,7-,8-;/m0./s1. The number of hydrogen-bond donors (Lipinski definition) is 7. The Bertz CT molecular complexity index is 1110. The predicted octanol–water partition coefficient (Wildman–Crippen LogP) is -2.34. The minimum atomic E-state index is -5.80. The minimum absolute atomic E-state index is 0.0467. The Kier molecular flexibility index (Phi) is 9.01. The van der Waals surface area contributed by atoms with Gasteiger partial charge in [0.25, 0.3) is 0 Å². The Morgan fingerprint density at radius 1 is 1.21 bits per heavy atom. The molecule has 1 fully saturated rings. The van der Waals surface area contributed by atoms with Crippen molar-refractivity contribution in [3.05, 3.63) is 16.7 Å². The molecule has 0 aromatic carbocycles. The van der Waals surface area contributed by atoms with Crippen molar-refractivity contribution >= 4 is 38.5 Å². The van der Waals surface area contributed by atoms with Crippen molar-refractivity contribution in [2.45, 2.75) is 24.5 Å². The quantitative estimate of drug-likeness (QED) is 0.0797. The van der Waals surface area contributed by atoms with E-state index < -0.39 is 66.5 Å². The summed E-state index contributed by atoms with van der Waals surface area (Å²) in [6, 6.07) is 0. The third-order valence-corrected chi connectivity index (χ3v) is 9.62. The fourth-order valence-electron chi connectivity index (χ4n) is 2.52. The van der Waals surface area contributed by atoms with Crippen LogP contribution in [0.25, 0.3) is 0 Å². The van der Waals surface area contributed by atoms with Gasteiger partial charge in [-0.1, -0.05) is 0 Å². The van der Waals surface area contributed by atoms with Crippen LogP contribution in [0, 0.1) is 0 Å². The van der Waals surface area contributed by atoms with E-state index in [0.717, 1.165) is 4.57 Å². The maximum atomic E-state index is 12.1. The van der Waals surface area contributed by atoms with Crippen LogP contribution in [0.15, 0.2) is 11.0 Å². The molecule has 1 saturated heterocycles. The number of aliphatic hydroxyl groups excluding tert-OH is 1. The van der Waals surface area contributed by atoms with Gasteiger partial charge in [0.1, 0.15) is 0 Å². The van der Waals surface area contributed by atoms with E-state index in [1.807, 2.05) is 0 Å². The first-order chi connectivity index (χ1) is 14.9. The zero-order chi connectivity index (χ0) is 25.4. The number of hydrogen-bond acceptors (Lipinski definition) is 13. The van der Waals surface area contributed by atoms with Crippen molar-refractivity contribution in [3.63, 3.8) is 0 Å². The first-order valence-corrected chi connectivity index (χ1v) is 15.4. The van der Waals surface area contributed by atoms with Crippen molar-refractivity contribution in [3.8, 4) is 0 Å². The zero-order valence-electron chi connectivity index (χ0n) is 15.9. The number of nitrogens with zero attached hydrogens (tertiary/aromatic N) is 2. The second-order valence-corrected chi connectivity index (χ2v) is 13.5. The van der Waals surface area contributed by atoms with Gasteiger partial charge in [-0.2, -0.15) is 0 Å². The molecule has 1 aliphatic rings. The van der Waals surface area contributed by atoms with Gasteiger partial charge in [0.15, 0.2) is 0 Å². The van der Waals surface area contributed by atoms with Crippen molar-refractivity contribution in [1.82, 2.24) is 9.55 Å². The molecular weight excluding hydrogens is 712 g/mol. The number of nitrogens with two attached hydrogens (primary N) is 1. The second kappa shape index (κ2) is 10.5. The van der Waals surface area contributed by atoms with Crippen LogP contribution in [0.4, 0.5) is 10.6 Å². The molecule has 19 nitrogen and oxygen atoms in total. The Labute approximate surface area is 198 Å². The number of carbonyl (C=O) groups is 1. The SMILES string of the molecule is Nc1nc(=O)n([C@H]2O[C@@H](COP(=O)(O)OP(=O)(O)OP(=O)(O)O)[C@H](OC(=O)O)[C@@H]2O)c[c]1[Hg]. The van der Waals surface area contributed by atoms with E-state index in [1.54, 1.807) is 0 Å². The molecule has 0 bridgehead atoms. The molecule has 1 aliphatic heterocycles. The van der Waals surface area contributed by atoms with Crippen LogP contribution in [0.5, 0.6) is 0 Å². The summed E-state index contributed by atoms with van der Waals surface area (Å²) in [5.41, 5.74) is 4.57. The molecule has 33 heavy (non-hydrogen) atoms. The predicted molar refractivity (Wildman–Crippen MR) is 95.2 cm³/mol. The van der Waals surface area contributed by atoms with Gasteiger partial charge in [0.05, 0.1) is 0 Å². The molecule has 6 atom stereocenters. The molecule has 1 aromatic heterocycles. The number of nitrogen functional groups attached to an aromatic ring is 1. The van der Waals surface area contributed by atoms with Crippen LogP contribution in [0.1, 0.15) is 6.23 Å². The fraction of sp³-hybridized carbons (Fsp3) is 0.500. The van der Waals surface area contributed by atoms with Crippen LogP contribution in [0.3, 0.4) is 0 Å². The van der Waals surface area contributed by atoms with Crippen LogP contribution < -0.4 is 14.5 Å². The van der Waals surface area contributed by atoms with Crippen molar-refractivity contribution in [1.29, 1.82) is 0 Å². The Balaban J connectivity index is 2.22. The van der Waals surface area contributed by atoms with Gasteiger partial charge in [0.2, 0.25) is 0 Å². The normalized spacial score (nSPS) is 27.0. The van der Waals surface area contributed by atoms with Gasteiger partial charge in [-0.05, 0) is 0 Å². The van der Waals surface area contributed by atoms with E-state index in [-0.39, 0.29) is 31.9 Å². The molecule has 1 aromatic rings. The van der Waals surface area contributed by atoms with E-state index in [2.05, 4.69) is 22.9 Å². The Morgan fingerprint density at radius 3 is 2.36 bits per heavy atom. The van der Waals surface area contributed by atoms with E-state index in [4.69, 9.17) is 30.3 Å². The van der Waals surface area contributed by atoms with Gasteiger partial charge in [-0.25, -0.2) is 4.57 Å². The molecule has 2 rings (SSSR count). The maximum absolute atomic E-state index is 12.1. The molecule has 0 radical (unpaired) electrons. The van der Waals surface area contributed by atoms with Crippen molar-refractivity contribution in [2.75, 3.05) is 12.3 Å². The Morgan fingerprint density at radius 2 is 1.82 bits per heavy atom. The number of aromatic nitrogens is 2. The van der Waals surface area contributed by atoms with Crippen molar-refractivity contribution in [2.24, 2.45) is 0 Å². The summed E-state index contributed by atoms with van der Waals surface area (Å²) in [5, 5.41) is 19.3. The average Bonchev–Trinajstić information content (AvgIpc) is 2.89. The molecule has 2 unspecified atom stereocenters. The number of aliphatic hydroxyl groups is 1. The number of phosphoric acid groups is 3. The average molecular weight is 727 g/mol.